The molecule has 0 aliphatic rings. The fourth-order valence-electron chi connectivity index (χ4n) is 1.75. The van der Waals surface area contributed by atoms with E-state index in [1.165, 1.54) is 17.8 Å². The number of rotatable bonds is 5. The van der Waals surface area contributed by atoms with Gasteiger partial charge in [-0.15, -0.1) is 11.8 Å². The average molecular weight is 307 g/mol. The van der Waals surface area contributed by atoms with E-state index < -0.39 is 11.6 Å². The summed E-state index contributed by atoms with van der Waals surface area (Å²) in [6, 6.07) is 11.3. The third-order valence-corrected chi connectivity index (χ3v) is 3.90. The molecule has 0 spiro atoms. The van der Waals surface area contributed by atoms with Crippen molar-refractivity contribution >= 4 is 23.4 Å². The number of hydrogen-bond donors (Lipinski definition) is 1. The molecule has 2 aromatic carbocycles. The quantitative estimate of drug-likeness (QED) is 0.830. The lowest BCUT2D eigenvalue weighted by atomic mass is 10.2. The Morgan fingerprint density at radius 1 is 1.14 bits per heavy atom. The molecule has 21 heavy (non-hydrogen) atoms. The average Bonchev–Trinajstić information content (AvgIpc) is 2.45. The lowest BCUT2D eigenvalue weighted by Crippen LogP contribution is -2.12. The van der Waals surface area contributed by atoms with E-state index >= 15 is 0 Å². The molecule has 0 aliphatic carbocycles. The van der Waals surface area contributed by atoms with E-state index in [0.717, 1.165) is 23.4 Å². The predicted octanol–water partition coefficient (Wildman–Crippen LogP) is 4.39. The van der Waals surface area contributed by atoms with Crippen LogP contribution >= 0.6 is 11.8 Å². The Balaban J connectivity index is 1.82. The molecule has 0 unspecified atom stereocenters. The van der Waals surface area contributed by atoms with Crippen LogP contribution in [0.3, 0.4) is 0 Å². The summed E-state index contributed by atoms with van der Waals surface area (Å²) >= 11 is 1.32. The molecule has 0 aromatic heterocycles. The van der Waals surface area contributed by atoms with Gasteiger partial charge in [0, 0.05) is 22.8 Å². The molecule has 0 atom stereocenters. The Morgan fingerprint density at radius 3 is 2.62 bits per heavy atom. The maximum Gasteiger partial charge on any atom is 0.225 e. The zero-order valence-corrected chi connectivity index (χ0v) is 12.3. The van der Waals surface area contributed by atoms with Gasteiger partial charge >= 0.3 is 0 Å². The molecule has 0 heterocycles. The van der Waals surface area contributed by atoms with E-state index in [2.05, 4.69) is 5.32 Å². The molecular formula is C16H15F2NOS. The van der Waals surface area contributed by atoms with Gasteiger partial charge in [-0.3, -0.25) is 4.79 Å². The molecule has 0 radical (unpaired) electrons. The Labute approximate surface area is 126 Å². The summed E-state index contributed by atoms with van der Waals surface area (Å²) in [6.07, 6.45) is 0.304. The number of aryl methyl sites for hydroxylation is 1. The Bertz CT molecular complexity index is 646. The smallest absolute Gasteiger partial charge is 0.225 e. The number of anilines is 1. The van der Waals surface area contributed by atoms with Gasteiger partial charge in [0.1, 0.15) is 0 Å². The first kappa shape index (κ1) is 15.5. The van der Waals surface area contributed by atoms with Crippen LogP contribution in [0.4, 0.5) is 14.5 Å². The molecule has 5 heteroatoms. The summed E-state index contributed by atoms with van der Waals surface area (Å²) in [6.45, 7) is 1.92. The van der Waals surface area contributed by atoms with Gasteiger partial charge in [0.05, 0.1) is 0 Å². The zero-order chi connectivity index (χ0) is 15.2. The lowest BCUT2D eigenvalue weighted by Gasteiger charge is -2.08. The Morgan fingerprint density at radius 2 is 1.90 bits per heavy atom. The number of hydrogen-bond acceptors (Lipinski definition) is 2. The minimum absolute atomic E-state index is 0.0978. The van der Waals surface area contributed by atoms with Crippen LogP contribution in [0.2, 0.25) is 0 Å². The number of thioether (sulfide) groups is 1. The van der Waals surface area contributed by atoms with E-state index in [0.29, 0.717) is 17.1 Å². The number of carbonyl (C=O) groups excluding carboxylic acids is 1. The number of nitrogens with one attached hydrogen (secondary N) is 1. The summed E-state index contributed by atoms with van der Waals surface area (Å²) in [5.74, 6) is -1.33. The largest absolute Gasteiger partial charge is 0.326 e. The van der Waals surface area contributed by atoms with Crippen molar-refractivity contribution in [2.75, 3.05) is 11.1 Å². The second-order valence-electron chi connectivity index (χ2n) is 4.54. The third-order valence-electron chi connectivity index (χ3n) is 2.91. The normalized spacial score (nSPS) is 10.4. The van der Waals surface area contributed by atoms with Gasteiger partial charge in [-0.1, -0.05) is 18.2 Å². The molecule has 2 rings (SSSR count). The monoisotopic (exact) mass is 307 g/mol. The van der Waals surface area contributed by atoms with Crippen LogP contribution < -0.4 is 5.32 Å². The maximum atomic E-state index is 13.0. The summed E-state index contributed by atoms with van der Waals surface area (Å²) in [5.41, 5.74) is 1.79. The van der Waals surface area contributed by atoms with Crippen LogP contribution in [-0.4, -0.2) is 11.7 Å². The summed E-state index contributed by atoms with van der Waals surface area (Å²) in [7, 11) is 0. The van der Waals surface area contributed by atoms with Crippen LogP contribution in [0.15, 0.2) is 47.4 Å². The van der Waals surface area contributed by atoms with Gasteiger partial charge in [-0.25, -0.2) is 8.78 Å². The Hall–Kier alpha value is -1.88. The highest BCUT2D eigenvalue weighted by atomic mass is 32.2. The highest BCUT2D eigenvalue weighted by Gasteiger charge is 2.06. The SMILES string of the molecule is Cc1ccccc1NC(=O)CCSc1ccc(F)c(F)c1. The van der Waals surface area contributed by atoms with E-state index in [-0.39, 0.29) is 5.91 Å². The lowest BCUT2D eigenvalue weighted by molar-refractivity contribution is -0.115. The van der Waals surface area contributed by atoms with Crippen LogP contribution in [0.1, 0.15) is 12.0 Å². The second kappa shape index (κ2) is 7.22. The van der Waals surface area contributed by atoms with E-state index in [1.54, 1.807) is 0 Å². The minimum Gasteiger partial charge on any atom is -0.326 e. The fourth-order valence-corrected chi connectivity index (χ4v) is 2.63. The highest BCUT2D eigenvalue weighted by Crippen LogP contribution is 2.21. The maximum absolute atomic E-state index is 13.0. The molecule has 2 aromatic rings. The van der Waals surface area contributed by atoms with Gasteiger partial charge < -0.3 is 5.32 Å². The molecule has 0 saturated heterocycles. The highest BCUT2D eigenvalue weighted by molar-refractivity contribution is 7.99. The van der Waals surface area contributed by atoms with Crippen molar-refractivity contribution in [2.45, 2.75) is 18.2 Å². The van der Waals surface area contributed by atoms with E-state index in [9.17, 15) is 13.6 Å². The van der Waals surface area contributed by atoms with Crippen molar-refractivity contribution in [3.05, 3.63) is 59.7 Å². The van der Waals surface area contributed by atoms with Gasteiger partial charge in [0.25, 0.3) is 0 Å². The van der Waals surface area contributed by atoms with Crippen molar-refractivity contribution in [3.8, 4) is 0 Å². The molecule has 1 amide bonds. The fraction of sp³-hybridized carbons (Fsp3) is 0.188. The van der Waals surface area contributed by atoms with Crippen molar-refractivity contribution in [1.29, 1.82) is 0 Å². The first-order valence-corrected chi connectivity index (χ1v) is 7.48. The Kier molecular flexibility index (Phi) is 5.33. The standard InChI is InChI=1S/C16H15F2NOS/c1-11-4-2-3-5-15(11)19-16(20)8-9-21-12-6-7-13(17)14(18)10-12/h2-7,10H,8-9H2,1H3,(H,19,20). The first-order valence-electron chi connectivity index (χ1n) is 6.49. The molecule has 110 valence electrons. The van der Waals surface area contributed by atoms with E-state index in [1.807, 2.05) is 31.2 Å². The van der Waals surface area contributed by atoms with Crippen molar-refractivity contribution in [3.63, 3.8) is 0 Å². The minimum atomic E-state index is -0.871. The van der Waals surface area contributed by atoms with Crippen molar-refractivity contribution < 1.29 is 13.6 Å². The molecule has 0 aliphatic heterocycles. The molecule has 0 bridgehead atoms. The van der Waals surface area contributed by atoms with Gasteiger partial charge in [0.15, 0.2) is 11.6 Å². The van der Waals surface area contributed by atoms with Crippen LogP contribution in [-0.2, 0) is 4.79 Å². The summed E-state index contributed by atoms with van der Waals surface area (Å²) < 4.78 is 25.8. The first-order chi connectivity index (χ1) is 10.1. The predicted molar refractivity (Wildman–Crippen MR) is 81.5 cm³/mol. The van der Waals surface area contributed by atoms with Crippen LogP contribution in [0, 0.1) is 18.6 Å². The third kappa shape index (κ3) is 4.56. The van der Waals surface area contributed by atoms with Gasteiger partial charge in [-0.2, -0.15) is 0 Å². The molecule has 2 nitrogen and oxygen atoms in total. The topological polar surface area (TPSA) is 29.1 Å². The summed E-state index contributed by atoms with van der Waals surface area (Å²) in [4.78, 5) is 12.4. The number of amides is 1. The molecular weight excluding hydrogens is 292 g/mol. The van der Waals surface area contributed by atoms with Gasteiger partial charge in [0.2, 0.25) is 5.91 Å². The molecule has 0 fully saturated rings. The second-order valence-corrected chi connectivity index (χ2v) is 5.71. The number of benzene rings is 2. The summed E-state index contributed by atoms with van der Waals surface area (Å²) in [5, 5.41) is 2.83. The van der Waals surface area contributed by atoms with Crippen LogP contribution in [0.25, 0.3) is 0 Å². The van der Waals surface area contributed by atoms with E-state index in [4.69, 9.17) is 0 Å². The van der Waals surface area contributed by atoms with Gasteiger partial charge in [-0.05, 0) is 36.8 Å². The number of para-hydroxylation sites is 1. The molecule has 1 N–H and O–H groups in total. The zero-order valence-electron chi connectivity index (χ0n) is 11.5. The van der Waals surface area contributed by atoms with Crippen molar-refractivity contribution in [2.24, 2.45) is 0 Å². The molecule has 0 saturated carbocycles. The number of carbonyl (C=O) groups is 1. The van der Waals surface area contributed by atoms with Crippen molar-refractivity contribution in [1.82, 2.24) is 0 Å². The number of halogens is 2. The van der Waals surface area contributed by atoms with Crippen LogP contribution in [0.5, 0.6) is 0 Å².